The third-order valence-electron chi connectivity index (χ3n) is 4.15. The molecule has 124 valence electrons. The molecule has 1 aliphatic rings. The molecule has 0 radical (unpaired) electrons. The molecule has 0 saturated heterocycles. The number of pyridine rings is 1. The van der Waals surface area contributed by atoms with Gasteiger partial charge in [0.1, 0.15) is 5.56 Å². The quantitative estimate of drug-likeness (QED) is 0.762. The Bertz CT molecular complexity index is 957. The maximum atomic E-state index is 12.7. The lowest BCUT2D eigenvalue weighted by Crippen LogP contribution is -2.41. The number of aromatic nitrogens is 3. The van der Waals surface area contributed by atoms with Gasteiger partial charge in [0.05, 0.1) is 18.6 Å². The van der Waals surface area contributed by atoms with Gasteiger partial charge >= 0.3 is 0 Å². The average molecular weight is 328 g/mol. The third kappa shape index (κ3) is 2.66. The van der Waals surface area contributed by atoms with E-state index in [2.05, 4.69) is 15.0 Å². The molecule has 3 heterocycles. The van der Waals surface area contributed by atoms with Crippen LogP contribution in [0.5, 0.6) is 0 Å². The highest BCUT2D eigenvalue weighted by Gasteiger charge is 2.26. The number of nitrogens with zero attached hydrogens (tertiary/aromatic N) is 2. The first kappa shape index (κ1) is 15.9. The zero-order valence-electron chi connectivity index (χ0n) is 13.3. The Hall–Kier alpha value is -3.03. The Balaban J connectivity index is 1.96. The number of nitrogens with one attached hydrogen (secondary N) is 2. The van der Waals surface area contributed by atoms with Crippen molar-refractivity contribution < 1.29 is 9.59 Å². The van der Waals surface area contributed by atoms with Crippen molar-refractivity contribution in [3.8, 4) is 0 Å². The number of H-pyrrole nitrogens is 2. The van der Waals surface area contributed by atoms with Gasteiger partial charge in [-0.05, 0) is 26.3 Å². The molecule has 24 heavy (non-hydrogen) atoms. The van der Waals surface area contributed by atoms with E-state index in [-0.39, 0.29) is 23.5 Å². The van der Waals surface area contributed by atoms with Crippen molar-refractivity contribution in [2.75, 3.05) is 6.54 Å². The molecule has 0 aromatic carbocycles. The van der Waals surface area contributed by atoms with Crippen LogP contribution in [-0.2, 0) is 13.0 Å². The van der Waals surface area contributed by atoms with E-state index in [0.29, 0.717) is 35.5 Å². The van der Waals surface area contributed by atoms with Crippen molar-refractivity contribution in [2.45, 2.75) is 26.8 Å². The van der Waals surface area contributed by atoms with Crippen LogP contribution in [-0.4, -0.2) is 38.1 Å². The summed E-state index contributed by atoms with van der Waals surface area (Å²) in [5.74, 6) is -0.707. The van der Waals surface area contributed by atoms with Crippen LogP contribution in [0.3, 0.4) is 0 Å². The number of ketones is 1. The summed E-state index contributed by atoms with van der Waals surface area (Å²) in [5.41, 5.74) is 0.994. The van der Waals surface area contributed by atoms with Gasteiger partial charge in [-0.2, -0.15) is 0 Å². The van der Waals surface area contributed by atoms with Gasteiger partial charge in [0.15, 0.2) is 5.78 Å². The van der Waals surface area contributed by atoms with E-state index < -0.39 is 11.5 Å². The van der Waals surface area contributed by atoms with Crippen LogP contribution in [0.4, 0.5) is 0 Å². The molecule has 3 rings (SSSR count). The van der Waals surface area contributed by atoms with E-state index in [9.17, 15) is 19.2 Å². The third-order valence-corrected chi connectivity index (χ3v) is 4.15. The standard InChI is InChI=1S/C16H16N4O4/c1-8-11(9(2)21)5-12(15(23)19-8)16(24)20-4-3-10-13(6-20)17-7-18-14(10)22/h5,7H,3-4,6H2,1-2H3,(H,19,23)(H,17,18,22). The number of carbonyl (C=O) groups is 2. The molecule has 0 bridgehead atoms. The van der Waals surface area contributed by atoms with Crippen LogP contribution in [0.2, 0.25) is 0 Å². The SMILES string of the molecule is CC(=O)c1cc(C(=O)N2CCc3c(nc[nH]c3=O)C2)c(=O)[nH]c1C. The molecule has 0 saturated carbocycles. The van der Waals surface area contributed by atoms with Gasteiger partial charge < -0.3 is 14.9 Å². The minimum absolute atomic E-state index is 0.0842. The highest BCUT2D eigenvalue weighted by atomic mass is 16.2. The van der Waals surface area contributed by atoms with Crippen LogP contribution >= 0.6 is 0 Å². The number of hydrogen-bond donors (Lipinski definition) is 2. The first-order valence-electron chi connectivity index (χ1n) is 7.48. The Labute approximate surface area is 136 Å². The second-order valence-corrected chi connectivity index (χ2v) is 5.74. The van der Waals surface area contributed by atoms with Crippen molar-refractivity contribution in [1.82, 2.24) is 19.9 Å². The minimum atomic E-state index is -0.535. The van der Waals surface area contributed by atoms with Gasteiger partial charge in [-0.3, -0.25) is 19.2 Å². The maximum absolute atomic E-state index is 12.7. The van der Waals surface area contributed by atoms with Crippen LogP contribution in [0, 0.1) is 6.92 Å². The van der Waals surface area contributed by atoms with Crippen molar-refractivity contribution >= 4 is 11.7 Å². The summed E-state index contributed by atoms with van der Waals surface area (Å²) < 4.78 is 0. The molecule has 1 aliphatic heterocycles. The maximum Gasteiger partial charge on any atom is 0.261 e. The summed E-state index contributed by atoms with van der Waals surface area (Å²) in [4.78, 5) is 58.8. The monoisotopic (exact) mass is 328 g/mol. The minimum Gasteiger partial charge on any atom is -0.332 e. The number of aromatic amines is 2. The summed E-state index contributed by atoms with van der Waals surface area (Å²) in [6.07, 6.45) is 1.66. The number of aryl methyl sites for hydroxylation is 1. The van der Waals surface area contributed by atoms with E-state index in [1.54, 1.807) is 6.92 Å². The first-order chi connectivity index (χ1) is 11.4. The van der Waals surface area contributed by atoms with Crippen molar-refractivity contribution in [3.05, 3.63) is 61.2 Å². The Morgan fingerprint density at radius 3 is 2.67 bits per heavy atom. The number of rotatable bonds is 2. The molecule has 2 aromatic heterocycles. The summed E-state index contributed by atoms with van der Waals surface area (Å²) in [6.45, 7) is 3.45. The average Bonchev–Trinajstić information content (AvgIpc) is 2.54. The molecule has 0 atom stereocenters. The van der Waals surface area contributed by atoms with Crippen LogP contribution < -0.4 is 11.1 Å². The van der Waals surface area contributed by atoms with Crippen LogP contribution in [0.15, 0.2) is 22.0 Å². The van der Waals surface area contributed by atoms with Gasteiger partial charge in [-0.1, -0.05) is 0 Å². The summed E-state index contributed by atoms with van der Waals surface area (Å²) in [6, 6.07) is 1.33. The topological polar surface area (TPSA) is 116 Å². The van der Waals surface area contributed by atoms with Gasteiger partial charge in [-0.25, -0.2) is 4.98 Å². The zero-order valence-corrected chi connectivity index (χ0v) is 13.3. The van der Waals surface area contributed by atoms with Crippen LogP contribution in [0.1, 0.15) is 44.6 Å². The smallest absolute Gasteiger partial charge is 0.261 e. The van der Waals surface area contributed by atoms with Gasteiger partial charge in [0.25, 0.3) is 17.0 Å². The van der Waals surface area contributed by atoms with E-state index in [0.717, 1.165) is 0 Å². The Morgan fingerprint density at radius 2 is 1.96 bits per heavy atom. The molecule has 8 nitrogen and oxygen atoms in total. The molecule has 0 unspecified atom stereocenters. The van der Waals surface area contributed by atoms with Gasteiger partial charge in [0.2, 0.25) is 0 Å². The summed E-state index contributed by atoms with van der Waals surface area (Å²) in [7, 11) is 0. The number of hydrogen-bond acceptors (Lipinski definition) is 5. The van der Waals surface area contributed by atoms with Gasteiger partial charge in [0, 0.05) is 23.4 Å². The molecule has 0 spiro atoms. The zero-order chi connectivity index (χ0) is 17.4. The van der Waals surface area contributed by atoms with Crippen LogP contribution in [0.25, 0.3) is 0 Å². The fourth-order valence-corrected chi connectivity index (χ4v) is 2.86. The number of carbonyl (C=O) groups excluding carboxylic acids is 2. The molecule has 0 fully saturated rings. The second kappa shape index (κ2) is 5.88. The largest absolute Gasteiger partial charge is 0.332 e. The lowest BCUT2D eigenvalue weighted by molar-refractivity contribution is 0.0729. The summed E-state index contributed by atoms with van der Waals surface area (Å²) in [5, 5.41) is 0. The normalized spacial score (nSPS) is 13.5. The number of Topliss-reactive ketones (excluding diaryl/α,β-unsaturated/α-hetero) is 1. The lowest BCUT2D eigenvalue weighted by Gasteiger charge is -2.27. The van der Waals surface area contributed by atoms with Crippen molar-refractivity contribution in [1.29, 1.82) is 0 Å². The molecule has 8 heteroatoms. The van der Waals surface area contributed by atoms with E-state index in [1.807, 2.05) is 0 Å². The molecular weight excluding hydrogens is 312 g/mol. The van der Waals surface area contributed by atoms with E-state index >= 15 is 0 Å². The molecule has 2 aromatic rings. The fourth-order valence-electron chi connectivity index (χ4n) is 2.86. The Morgan fingerprint density at radius 1 is 1.21 bits per heavy atom. The molecule has 0 aliphatic carbocycles. The second-order valence-electron chi connectivity index (χ2n) is 5.74. The fraction of sp³-hybridized carbons (Fsp3) is 0.312. The summed E-state index contributed by atoms with van der Waals surface area (Å²) >= 11 is 0. The van der Waals surface area contributed by atoms with Crippen molar-refractivity contribution in [2.24, 2.45) is 0 Å². The predicted octanol–water partition coefficient (Wildman–Crippen LogP) is 0.168. The number of amides is 1. The first-order valence-corrected chi connectivity index (χ1v) is 7.48. The highest BCUT2D eigenvalue weighted by molar-refractivity contribution is 5.99. The lowest BCUT2D eigenvalue weighted by atomic mass is 10.0. The van der Waals surface area contributed by atoms with Gasteiger partial charge in [-0.15, -0.1) is 0 Å². The molecule has 2 N–H and O–H groups in total. The Kier molecular flexibility index (Phi) is 3.88. The predicted molar refractivity (Wildman–Crippen MR) is 85.1 cm³/mol. The number of fused-ring (bicyclic) bond motifs is 1. The molecule has 1 amide bonds. The van der Waals surface area contributed by atoms with E-state index in [1.165, 1.54) is 24.2 Å². The van der Waals surface area contributed by atoms with Crippen molar-refractivity contribution in [3.63, 3.8) is 0 Å². The van der Waals surface area contributed by atoms with E-state index in [4.69, 9.17) is 0 Å². The molecular formula is C16H16N4O4. The highest BCUT2D eigenvalue weighted by Crippen LogP contribution is 2.16.